The van der Waals surface area contributed by atoms with E-state index in [0.717, 1.165) is 0 Å². The van der Waals surface area contributed by atoms with Crippen LogP contribution in [0, 0.1) is 0 Å². The van der Waals surface area contributed by atoms with Crippen LogP contribution in [0.2, 0.25) is 15.1 Å². The second-order valence-electron chi connectivity index (χ2n) is 4.29. The maximum absolute atomic E-state index is 9.73. The second-order valence-corrected chi connectivity index (χ2v) is 5.54. The van der Waals surface area contributed by atoms with Gasteiger partial charge in [0.15, 0.2) is 5.75 Å². The number of phenols is 1. The summed E-state index contributed by atoms with van der Waals surface area (Å²) in [4.78, 5) is 4.30. The van der Waals surface area contributed by atoms with Crippen LogP contribution >= 0.6 is 34.8 Å². The third-order valence-corrected chi connectivity index (χ3v) is 3.63. The Morgan fingerprint density at radius 1 is 0.952 bits per heavy atom. The van der Waals surface area contributed by atoms with E-state index in [0.29, 0.717) is 31.9 Å². The normalized spacial score (nSPS) is 10.8. The summed E-state index contributed by atoms with van der Waals surface area (Å²) >= 11 is 18.0. The molecule has 0 spiro atoms. The highest BCUT2D eigenvalue weighted by atomic mass is 35.5. The maximum atomic E-state index is 9.73. The van der Waals surface area contributed by atoms with E-state index < -0.39 is 0 Å². The van der Waals surface area contributed by atoms with E-state index in [1.54, 1.807) is 30.3 Å². The molecule has 0 atom stereocenters. The van der Waals surface area contributed by atoms with Crippen molar-refractivity contribution in [3.8, 4) is 17.4 Å². The van der Waals surface area contributed by atoms with Gasteiger partial charge in [-0.15, -0.1) is 0 Å². The Morgan fingerprint density at radius 2 is 1.67 bits per heavy atom. The first-order chi connectivity index (χ1) is 10.0. The number of benzene rings is 2. The number of phenolic OH excluding ortho intramolecular Hbond substituents is 1. The van der Waals surface area contributed by atoms with Crippen molar-refractivity contribution in [2.75, 3.05) is 0 Å². The molecule has 0 bridgehead atoms. The number of aromatic hydroxyl groups is 1. The molecular weight excluding hydrogens is 333 g/mol. The SMILES string of the molecule is Oc1cccc2nc(Oc3c(Cl)cc(Cl)cc3Cl)ccc12. The number of ether oxygens (including phenoxy) is 1. The van der Waals surface area contributed by atoms with E-state index in [9.17, 15) is 5.11 Å². The van der Waals surface area contributed by atoms with Gasteiger partial charge in [0, 0.05) is 16.5 Å². The Hall–Kier alpha value is -1.68. The Kier molecular flexibility index (Phi) is 3.81. The number of nitrogens with zero attached hydrogens (tertiary/aromatic N) is 1. The highest BCUT2D eigenvalue weighted by molar-refractivity contribution is 6.40. The largest absolute Gasteiger partial charge is 0.507 e. The van der Waals surface area contributed by atoms with Crippen molar-refractivity contribution in [2.45, 2.75) is 0 Å². The Labute approximate surface area is 135 Å². The molecule has 0 aliphatic carbocycles. The van der Waals surface area contributed by atoms with Gasteiger partial charge in [0.25, 0.3) is 0 Å². The molecule has 0 aliphatic rings. The molecule has 0 unspecified atom stereocenters. The summed E-state index contributed by atoms with van der Waals surface area (Å²) in [6.45, 7) is 0. The van der Waals surface area contributed by atoms with Gasteiger partial charge >= 0.3 is 0 Å². The van der Waals surface area contributed by atoms with E-state index in [1.807, 2.05) is 0 Å². The van der Waals surface area contributed by atoms with Gasteiger partial charge in [-0.05, 0) is 30.3 Å². The van der Waals surface area contributed by atoms with Crippen LogP contribution in [0.1, 0.15) is 0 Å². The number of fused-ring (bicyclic) bond motifs is 1. The lowest BCUT2D eigenvalue weighted by Gasteiger charge is -2.10. The van der Waals surface area contributed by atoms with Crippen molar-refractivity contribution in [1.82, 2.24) is 4.98 Å². The Balaban J connectivity index is 2.03. The number of rotatable bonds is 2. The second kappa shape index (κ2) is 5.60. The highest BCUT2D eigenvalue weighted by Crippen LogP contribution is 2.38. The molecule has 106 valence electrons. The van der Waals surface area contributed by atoms with Gasteiger partial charge in [-0.25, -0.2) is 4.98 Å². The first kappa shape index (κ1) is 14.3. The van der Waals surface area contributed by atoms with Gasteiger partial charge < -0.3 is 9.84 Å². The Bertz CT molecular complexity index is 813. The minimum atomic E-state index is 0.161. The summed E-state index contributed by atoms with van der Waals surface area (Å²) in [6, 6.07) is 11.5. The molecule has 0 aliphatic heterocycles. The molecule has 1 heterocycles. The van der Waals surface area contributed by atoms with Crippen LogP contribution in [0.25, 0.3) is 10.9 Å². The quantitative estimate of drug-likeness (QED) is 0.651. The van der Waals surface area contributed by atoms with E-state index in [4.69, 9.17) is 39.5 Å². The zero-order chi connectivity index (χ0) is 15.0. The predicted molar refractivity (Wildman–Crippen MR) is 85.0 cm³/mol. The molecule has 0 saturated carbocycles. The lowest BCUT2D eigenvalue weighted by molar-refractivity contribution is 0.464. The van der Waals surface area contributed by atoms with Crippen LogP contribution in [0.5, 0.6) is 17.4 Å². The smallest absolute Gasteiger partial charge is 0.219 e. The number of hydrogen-bond acceptors (Lipinski definition) is 3. The summed E-state index contributed by atoms with van der Waals surface area (Å²) < 4.78 is 5.63. The van der Waals surface area contributed by atoms with Crippen molar-refractivity contribution in [1.29, 1.82) is 0 Å². The molecule has 21 heavy (non-hydrogen) atoms. The molecule has 0 fully saturated rings. The number of halogens is 3. The molecule has 3 nitrogen and oxygen atoms in total. The molecule has 3 rings (SSSR count). The van der Waals surface area contributed by atoms with Gasteiger partial charge in [0.2, 0.25) is 5.88 Å². The van der Waals surface area contributed by atoms with Crippen molar-refractivity contribution in [2.24, 2.45) is 0 Å². The number of pyridine rings is 1. The van der Waals surface area contributed by atoms with Gasteiger partial charge in [-0.2, -0.15) is 0 Å². The van der Waals surface area contributed by atoms with Crippen LogP contribution in [0.15, 0.2) is 42.5 Å². The molecule has 1 aromatic heterocycles. The van der Waals surface area contributed by atoms with Crippen molar-refractivity contribution in [3.63, 3.8) is 0 Å². The third kappa shape index (κ3) is 2.86. The first-order valence-electron chi connectivity index (χ1n) is 5.96. The van der Waals surface area contributed by atoms with Crippen molar-refractivity contribution >= 4 is 45.7 Å². The predicted octanol–water partition coefficient (Wildman–Crippen LogP) is 5.69. The molecule has 0 radical (unpaired) electrons. The summed E-state index contributed by atoms with van der Waals surface area (Å²) in [7, 11) is 0. The summed E-state index contributed by atoms with van der Waals surface area (Å²) in [5, 5.41) is 11.4. The molecule has 2 aromatic carbocycles. The summed E-state index contributed by atoms with van der Waals surface area (Å²) in [5.41, 5.74) is 0.605. The van der Waals surface area contributed by atoms with Crippen LogP contribution in [-0.4, -0.2) is 10.1 Å². The molecule has 0 amide bonds. The molecule has 6 heteroatoms. The first-order valence-corrected chi connectivity index (χ1v) is 7.09. The fraction of sp³-hybridized carbons (Fsp3) is 0. The fourth-order valence-corrected chi connectivity index (χ4v) is 2.80. The van der Waals surface area contributed by atoms with Crippen molar-refractivity contribution in [3.05, 3.63) is 57.5 Å². The van der Waals surface area contributed by atoms with E-state index in [-0.39, 0.29) is 11.5 Å². The van der Waals surface area contributed by atoms with Gasteiger partial charge in [-0.3, -0.25) is 0 Å². The molecule has 3 aromatic rings. The lowest BCUT2D eigenvalue weighted by atomic mass is 10.2. The van der Waals surface area contributed by atoms with Crippen LogP contribution in [0.4, 0.5) is 0 Å². The summed E-state index contributed by atoms with van der Waals surface area (Å²) in [5.74, 6) is 0.767. The fourth-order valence-electron chi connectivity index (χ4n) is 1.91. The van der Waals surface area contributed by atoms with Crippen LogP contribution < -0.4 is 4.74 Å². The molecular formula is C15H8Cl3NO2. The van der Waals surface area contributed by atoms with E-state index in [1.165, 1.54) is 12.1 Å². The summed E-state index contributed by atoms with van der Waals surface area (Å²) in [6.07, 6.45) is 0. The third-order valence-electron chi connectivity index (χ3n) is 2.85. The maximum Gasteiger partial charge on any atom is 0.219 e. The minimum absolute atomic E-state index is 0.161. The average Bonchev–Trinajstić information content (AvgIpc) is 2.43. The zero-order valence-electron chi connectivity index (χ0n) is 10.5. The monoisotopic (exact) mass is 339 g/mol. The van der Waals surface area contributed by atoms with Gasteiger partial charge in [0.05, 0.1) is 15.6 Å². The van der Waals surface area contributed by atoms with Gasteiger partial charge in [-0.1, -0.05) is 40.9 Å². The molecule has 0 saturated heterocycles. The zero-order valence-corrected chi connectivity index (χ0v) is 12.7. The molecule has 1 N–H and O–H groups in total. The van der Waals surface area contributed by atoms with E-state index in [2.05, 4.69) is 4.98 Å². The van der Waals surface area contributed by atoms with Crippen LogP contribution in [-0.2, 0) is 0 Å². The van der Waals surface area contributed by atoms with Crippen LogP contribution in [0.3, 0.4) is 0 Å². The topological polar surface area (TPSA) is 42.4 Å². The number of aromatic nitrogens is 1. The number of hydrogen-bond donors (Lipinski definition) is 1. The lowest BCUT2D eigenvalue weighted by Crippen LogP contribution is -1.90. The Morgan fingerprint density at radius 3 is 2.38 bits per heavy atom. The standard InChI is InChI=1S/C15H8Cl3NO2/c16-8-6-10(17)15(11(18)7-8)21-14-5-4-9-12(19-14)2-1-3-13(9)20/h1-7,20H. The van der Waals surface area contributed by atoms with E-state index >= 15 is 0 Å². The minimum Gasteiger partial charge on any atom is -0.507 e. The van der Waals surface area contributed by atoms with Crippen molar-refractivity contribution < 1.29 is 9.84 Å². The average molecular weight is 341 g/mol. The van der Waals surface area contributed by atoms with Gasteiger partial charge in [0.1, 0.15) is 5.75 Å². The highest BCUT2D eigenvalue weighted by Gasteiger charge is 2.12.